The van der Waals surface area contributed by atoms with E-state index >= 15 is 0 Å². The molecule has 4 heteroatoms. The maximum atomic E-state index is 11.8. The molecular formula is C14H20N2O2. The zero-order valence-corrected chi connectivity index (χ0v) is 10.7. The second-order valence-corrected chi connectivity index (χ2v) is 4.85. The quantitative estimate of drug-likeness (QED) is 0.791. The summed E-state index contributed by atoms with van der Waals surface area (Å²) in [4.78, 5) is 11.8. The SMILES string of the molecule is CC1OCCC1CNC(=O)Cc1ccc(N)cc1. The number of nitrogens with one attached hydrogen (secondary N) is 1. The van der Waals surface area contributed by atoms with Crippen LogP contribution in [-0.4, -0.2) is 25.2 Å². The molecule has 2 rings (SSSR count). The summed E-state index contributed by atoms with van der Waals surface area (Å²) in [6.45, 7) is 3.57. The number of anilines is 1. The number of amides is 1. The molecule has 1 amide bonds. The molecule has 3 N–H and O–H groups in total. The van der Waals surface area contributed by atoms with Crippen LogP contribution in [-0.2, 0) is 16.0 Å². The third-order valence-corrected chi connectivity index (χ3v) is 3.44. The number of ether oxygens (including phenoxy) is 1. The minimum Gasteiger partial charge on any atom is -0.399 e. The second-order valence-electron chi connectivity index (χ2n) is 4.85. The molecule has 0 saturated carbocycles. The molecule has 0 aromatic heterocycles. The molecule has 1 heterocycles. The minimum atomic E-state index is 0.0545. The maximum absolute atomic E-state index is 11.8. The Kier molecular flexibility index (Phi) is 4.20. The Bertz CT molecular complexity index is 403. The first-order chi connectivity index (χ1) is 8.65. The number of nitrogen functional groups attached to an aromatic ring is 1. The van der Waals surface area contributed by atoms with Gasteiger partial charge in [0.2, 0.25) is 5.91 Å². The van der Waals surface area contributed by atoms with E-state index in [-0.39, 0.29) is 12.0 Å². The molecule has 2 atom stereocenters. The van der Waals surface area contributed by atoms with Crippen LogP contribution >= 0.6 is 0 Å². The third-order valence-electron chi connectivity index (χ3n) is 3.44. The van der Waals surface area contributed by atoms with Crippen LogP contribution in [0.1, 0.15) is 18.9 Å². The van der Waals surface area contributed by atoms with Gasteiger partial charge in [0, 0.05) is 24.8 Å². The lowest BCUT2D eigenvalue weighted by Crippen LogP contribution is -2.32. The third kappa shape index (κ3) is 3.47. The fourth-order valence-corrected chi connectivity index (χ4v) is 2.17. The first-order valence-electron chi connectivity index (χ1n) is 6.38. The van der Waals surface area contributed by atoms with Crippen LogP contribution in [0.4, 0.5) is 5.69 Å². The molecule has 1 aromatic carbocycles. The fourth-order valence-electron chi connectivity index (χ4n) is 2.17. The van der Waals surface area contributed by atoms with E-state index < -0.39 is 0 Å². The van der Waals surface area contributed by atoms with Gasteiger partial charge in [-0.15, -0.1) is 0 Å². The molecule has 0 spiro atoms. The summed E-state index contributed by atoms with van der Waals surface area (Å²) in [7, 11) is 0. The highest BCUT2D eigenvalue weighted by atomic mass is 16.5. The lowest BCUT2D eigenvalue weighted by Gasteiger charge is -2.14. The fraction of sp³-hybridized carbons (Fsp3) is 0.500. The zero-order chi connectivity index (χ0) is 13.0. The molecule has 1 aliphatic rings. The normalized spacial score (nSPS) is 22.9. The van der Waals surface area contributed by atoms with Gasteiger partial charge < -0.3 is 15.8 Å². The lowest BCUT2D eigenvalue weighted by molar-refractivity contribution is -0.120. The van der Waals surface area contributed by atoms with Crippen LogP contribution in [0.2, 0.25) is 0 Å². The average molecular weight is 248 g/mol. The predicted octanol–water partition coefficient (Wildman–Crippen LogP) is 1.35. The first kappa shape index (κ1) is 12.9. The van der Waals surface area contributed by atoms with Gasteiger partial charge in [0.1, 0.15) is 0 Å². The van der Waals surface area contributed by atoms with E-state index in [1.54, 1.807) is 0 Å². The highest BCUT2D eigenvalue weighted by Crippen LogP contribution is 2.19. The first-order valence-corrected chi connectivity index (χ1v) is 6.38. The number of benzene rings is 1. The molecule has 1 aromatic rings. The second kappa shape index (κ2) is 5.87. The number of hydrogen-bond donors (Lipinski definition) is 2. The van der Waals surface area contributed by atoms with Crippen molar-refractivity contribution >= 4 is 11.6 Å². The molecule has 0 aliphatic carbocycles. The Morgan fingerprint density at radius 3 is 2.78 bits per heavy atom. The van der Waals surface area contributed by atoms with Crippen molar-refractivity contribution in [3.05, 3.63) is 29.8 Å². The van der Waals surface area contributed by atoms with E-state index in [9.17, 15) is 4.79 Å². The summed E-state index contributed by atoms with van der Waals surface area (Å²) in [5.41, 5.74) is 7.30. The Balaban J connectivity index is 1.76. The van der Waals surface area contributed by atoms with E-state index in [1.165, 1.54) is 0 Å². The van der Waals surface area contributed by atoms with E-state index in [4.69, 9.17) is 10.5 Å². The summed E-state index contributed by atoms with van der Waals surface area (Å²) in [5.74, 6) is 0.499. The molecule has 0 bridgehead atoms. The van der Waals surface area contributed by atoms with Gasteiger partial charge in [-0.2, -0.15) is 0 Å². The Morgan fingerprint density at radius 1 is 1.44 bits per heavy atom. The number of carbonyl (C=O) groups excluding carboxylic acids is 1. The van der Waals surface area contributed by atoms with Crippen LogP contribution in [0.15, 0.2) is 24.3 Å². The van der Waals surface area contributed by atoms with Crippen molar-refractivity contribution in [2.24, 2.45) is 5.92 Å². The van der Waals surface area contributed by atoms with Gasteiger partial charge in [-0.3, -0.25) is 4.79 Å². The number of nitrogens with two attached hydrogens (primary N) is 1. The van der Waals surface area contributed by atoms with Gasteiger partial charge >= 0.3 is 0 Å². The Morgan fingerprint density at radius 2 is 2.17 bits per heavy atom. The van der Waals surface area contributed by atoms with Crippen molar-refractivity contribution in [1.29, 1.82) is 0 Å². The highest BCUT2D eigenvalue weighted by Gasteiger charge is 2.24. The van der Waals surface area contributed by atoms with Gasteiger partial charge in [-0.25, -0.2) is 0 Å². The van der Waals surface area contributed by atoms with Gasteiger partial charge in [-0.1, -0.05) is 12.1 Å². The van der Waals surface area contributed by atoms with E-state index in [0.29, 0.717) is 18.9 Å². The molecule has 2 unspecified atom stereocenters. The minimum absolute atomic E-state index is 0.0545. The van der Waals surface area contributed by atoms with Crippen molar-refractivity contribution in [3.8, 4) is 0 Å². The monoisotopic (exact) mass is 248 g/mol. The molecule has 1 saturated heterocycles. The molecule has 1 aliphatic heterocycles. The van der Waals surface area contributed by atoms with E-state index in [2.05, 4.69) is 12.2 Å². The summed E-state index contributed by atoms with van der Waals surface area (Å²) in [5, 5.41) is 2.97. The highest BCUT2D eigenvalue weighted by molar-refractivity contribution is 5.78. The standard InChI is InChI=1S/C14H20N2O2/c1-10-12(6-7-18-10)9-16-14(17)8-11-2-4-13(15)5-3-11/h2-5,10,12H,6-9,15H2,1H3,(H,16,17). The van der Waals surface area contributed by atoms with Crippen molar-refractivity contribution in [2.75, 3.05) is 18.9 Å². The number of hydrogen-bond acceptors (Lipinski definition) is 3. The topological polar surface area (TPSA) is 64.3 Å². The predicted molar refractivity (Wildman–Crippen MR) is 71.1 cm³/mol. The van der Waals surface area contributed by atoms with E-state index in [1.807, 2.05) is 24.3 Å². The van der Waals surface area contributed by atoms with Crippen molar-refractivity contribution in [1.82, 2.24) is 5.32 Å². The molecule has 0 radical (unpaired) electrons. The molecule has 98 valence electrons. The number of carbonyl (C=O) groups is 1. The van der Waals surface area contributed by atoms with Crippen molar-refractivity contribution < 1.29 is 9.53 Å². The largest absolute Gasteiger partial charge is 0.399 e. The van der Waals surface area contributed by atoms with Crippen LogP contribution in [0.3, 0.4) is 0 Å². The smallest absolute Gasteiger partial charge is 0.224 e. The molecule has 1 fully saturated rings. The van der Waals surface area contributed by atoms with Crippen LogP contribution in [0.25, 0.3) is 0 Å². The maximum Gasteiger partial charge on any atom is 0.224 e. The van der Waals surface area contributed by atoms with Crippen LogP contribution in [0.5, 0.6) is 0 Å². The zero-order valence-electron chi connectivity index (χ0n) is 10.7. The summed E-state index contributed by atoms with van der Waals surface area (Å²) >= 11 is 0. The molecular weight excluding hydrogens is 228 g/mol. The Hall–Kier alpha value is -1.55. The van der Waals surface area contributed by atoms with Crippen molar-refractivity contribution in [3.63, 3.8) is 0 Å². The number of rotatable bonds is 4. The average Bonchev–Trinajstić information content (AvgIpc) is 2.75. The Labute approximate surface area is 108 Å². The molecule has 18 heavy (non-hydrogen) atoms. The lowest BCUT2D eigenvalue weighted by atomic mass is 10.0. The van der Waals surface area contributed by atoms with Crippen molar-refractivity contribution in [2.45, 2.75) is 25.9 Å². The van der Waals surface area contributed by atoms with Gasteiger partial charge in [0.25, 0.3) is 0 Å². The summed E-state index contributed by atoms with van der Waals surface area (Å²) in [6.07, 6.45) is 1.69. The van der Waals surface area contributed by atoms with Crippen LogP contribution < -0.4 is 11.1 Å². The van der Waals surface area contributed by atoms with Gasteiger partial charge in [0.05, 0.1) is 12.5 Å². The van der Waals surface area contributed by atoms with Gasteiger partial charge in [0.15, 0.2) is 0 Å². The summed E-state index contributed by atoms with van der Waals surface area (Å²) < 4.78 is 5.46. The molecule has 4 nitrogen and oxygen atoms in total. The van der Waals surface area contributed by atoms with E-state index in [0.717, 1.165) is 24.3 Å². The summed E-state index contributed by atoms with van der Waals surface area (Å²) in [6, 6.07) is 7.40. The van der Waals surface area contributed by atoms with Crippen LogP contribution in [0, 0.1) is 5.92 Å². The van der Waals surface area contributed by atoms with Gasteiger partial charge in [-0.05, 0) is 31.0 Å².